The Morgan fingerprint density at radius 2 is 1.68 bits per heavy atom. The second-order valence-electron chi connectivity index (χ2n) is 4.52. The molecule has 4 nitrogen and oxygen atoms in total. The molecule has 0 saturated heterocycles. The number of nitrogens with one attached hydrogen (secondary N) is 2. The monoisotopic (exact) mass is 252 g/mol. The zero-order valence-electron chi connectivity index (χ0n) is 10.4. The predicted octanol–water partition coefficient (Wildman–Crippen LogP) is 2.30. The van der Waals surface area contributed by atoms with E-state index in [0.29, 0.717) is 0 Å². The van der Waals surface area contributed by atoms with Crippen LogP contribution in [0.2, 0.25) is 0 Å². The van der Waals surface area contributed by atoms with Gasteiger partial charge in [-0.1, -0.05) is 36.4 Å². The number of hydrogen-bond acceptors (Lipinski definition) is 3. The summed E-state index contributed by atoms with van der Waals surface area (Å²) in [7, 11) is 0. The Bertz CT molecular complexity index is 702. The summed E-state index contributed by atoms with van der Waals surface area (Å²) in [6.07, 6.45) is 1.97. The van der Waals surface area contributed by atoms with E-state index >= 15 is 0 Å². The number of aromatic amines is 1. The molecule has 0 aliphatic carbocycles. The molecule has 0 bridgehead atoms. The first-order valence-corrected chi connectivity index (χ1v) is 6.18. The normalized spacial score (nSPS) is 12.7. The number of rotatable bonds is 3. The summed E-state index contributed by atoms with van der Waals surface area (Å²) in [5.74, 6) is 5.74. The van der Waals surface area contributed by atoms with Crippen molar-refractivity contribution in [3.8, 4) is 0 Å². The lowest BCUT2D eigenvalue weighted by molar-refractivity contribution is 0.642. The number of aromatic nitrogens is 1. The van der Waals surface area contributed by atoms with E-state index in [4.69, 9.17) is 11.6 Å². The molecule has 0 spiro atoms. The predicted molar refractivity (Wildman–Crippen MR) is 78.3 cm³/mol. The number of nitrogens with two attached hydrogens (primary N) is 2. The molecule has 96 valence electrons. The van der Waals surface area contributed by atoms with Crippen LogP contribution < -0.4 is 17.0 Å². The smallest absolute Gasteiger partial charge is 0.0750 e. The van der Waals surface area contributed by atoms with E-state index in [1.54, 1.807) is 0 Å². The summed E-state index contributed by atoms with van der Waals surface area (Å²) in [6.45, 7) is 0. The molecular weight excluding hydrogens is 236 g/mol. The lowest BCUT2D eigenvalue weighted by Gasteiger charge is -2.17. The summed E-state index contributed by atoms with van der Waals surface area (Å²) in [4.78, 5) is 3.26. The topological polar surface area (TPSA) is 79.9 Å². The van der Waals surface area contributed by atoms with Gasteiger partial charge in [-0.15, -0.1) is 0 Å². The van der Waals surface area contributed by atoms with Crippen LogP contribution in [0, 0.1) is 0 Å². The van der Waals surface area contributed by atoms with Crippen LogP contribution in [0.5, 0.6) is 0 Å². The summed E-state index contributed by atoms with van der Waals surface area (Å²) < 4.78 is 0. The van der Waals surface area contributed by atoms with Crippen LogP contribution >= 0.6 is 0 Å². The fourth-order valence-electron chi connectivity index (χ4n) is 2.45. The largest absolute Gasteiger partial charge is 0.398 e. The molecule has 3 rings (SSSR count). The Morgan fingerprint density at radius 1 is 0.947 bits per heavy atom. The summed E-state index contributed by atoms with van der Waals surface area (Å²) in [5.41, 5.74) is 12.8. The van der Waals surface area contributed by atoms with Gasteiger partial charge in [0.05, 0.1) is 6.04 Å². The maximum Gasteiger partial charge on any atom is 0.0750 e. The van der Waals surface area contributed by atoms with Gasteiger partial charge >= 0.3 is 0 Å². The van der Waals surface area contributed by atoms with Crippen molar-refractivity contribution in [2.75, 3.05) is 5.73 Å². The van der Waals surface area contributed by atoms with E-state index in [1.165, 1.54) is 0 Å². The third kappa shape index (κ3) is 1.97. The molecule has 0 aliphatic rings. The molecule has 2 aromatic carbocycles. The van der Waals surface area contributed by atoms with Crippen LogP contribution in [0.1, 0.15) is 17.2 Å². The highest BCUT2D eigenvalue weighted by Crippen LogP contribution is 2.30. The van der Waals surface area contributed by atoms with Crippen LogP contribution in [-0.4, -0.2) is 4.98 Å². The SMILES string of the molecule is NNC(c1ccccc1N)c1c[nH]c2ccccc12. The van der Waals surface area contributed by atoms with Gasteiger partial charge in [0.25, 0.3) is 0 Å². The second-order valence-corrected chi connectivity index (χ2v) is 4.52. The maximum absolute atomic E-state index is 6.04. The van der Waals surface area contributed by atoms with E-state index < -0.39 is 0 Å². The molecule has 19 heavy (non-hydrogen) atoms. The van der Waals surface area contributed by atoms with Gasteiger partial charge in [0, 0.05) is 28.4 Å². The van der Waals surface area contributed by atoms with Gasteiger partial charge < -0.3 is 10.7 Å². The molecule has 0 aliphatic heterocycles. The van der Waals surface area contributed by atoms with E-state index in [-0.39, 0.29) is 6.04 Å². The Balaban J connectivity index is 2.15. The first-order valence-electron chi connectivity index (χ1n) is 6.18. The number of para-hydroxylation sites is 2. The van der Waals surface area contributed by atoms with Gasteiger partial charge in [-0.3, -0.25) is 5.84 Å². The molecule has 1 unspecified atom stereocenters. The van der Waals surface area contributed by atoms with Crippen LogP contribution in [0.3, 0.4) is 0 Å². The maximum atomic E-state index is 6.04. The molecule has 0 radical (unpaired) electrons. The summed E-state index contributed by atoms with van der Waals surface area (Å²) in [6, 6.07) is 15.8. The number of H-pyrrole nitrogens is 1. The molecule has 3 aromatic rings. The van der Waals surface area contributed by atoms with E-state index in [0.717, 1.165) is 27.7 Å². The van der Waals surface area contributed by atoms with E-state index in [9.17, 15) is 0 Å². The highest BCUT2D eigenvalue weighted by molar-refractivity contribution is 5.84. The molecular formula is C15H16N4. The number of hydrazine groups is 1. The van der Waals surface area contributed by atoms with Gasteiger partial charge in [-0.25, -0.2) is 5.43 Å². The minimum atomic E-state index is -0.127. The minimum Gasteiger partial charge on any atom is -0.398 e. The van der Waals surface area contributed by atoms with Crippen molar-refractivity contribution in [3.63, 3.8) is 0 Å². The van der Waals surface area contributed by atoms with Gasteiger partial charge in [0.1, 0.15) is 0 Å². The van der Waals surface area contributed by atoms with E-state index in [2.05, 4.69) is 16.5 Å². The highest BCUT2D eigenvalue weighted by atomic mass is 15.2. The fraction of sp³-hybridized carbons (Fsp3) is 0.0667. The quantitative estimate of drug-likeness (QED) is 0.328. The number of nitrogen functional groups attached to an aromatic ring is 1. The van der Waals surface area contributed by atoms with Gasteiger partial charge in [-0.2, -0.15) is 0 Å². The number of anilines is 1. The molecule has 1 heterocycles. The van der Waals surface area contributed by atoms with Crippen molar-refractivity contribution in [2.45, 2.75) is 6.04 Å². The number of benzene rings is 2. The van der Waals surface area contributed by atoms with Crippen molar-refractivity contribution < 1.29 is 0 Å². The molecule has 0 saturated carbocycles. The molecule has 0 amide bonds. The zero-order chi connectivity index (χ0) is 13.2. The van der Waals surface area contributed by atoms with Crippen molar-refractivity contribution in [1.29, 1.82) is 0 Å². The summed E-state index contributed by atoms with van der Waals surface area (Å²) in [5, 5.41) is 1.15. The van der Waals surface area contributed by atoms with Gasteiger partial charge in [0.15, 0.2) is 0 Å². The molecule has 0 fully saturated rings. The van der Waals surface area contributed by atoms with Gasteiger partial charge in [-0.05, 0) is 17.7 Å². The lowest BCUT2D eigenvalue weighted by Crippen LogP contribution is -2.29. The van der Waals surface area contributed by atoms with Gasteiger partial charge in [0.2, 0.25) is 0 Å². The Hall–Kier alpha value is -2.30. The van der Waals surface area contributed by atoms with Crippen molar-refractivity contribution in [2.24, 2.45) is 5.84 Å². The first-order chi connectivity index (χ1) is 9.31. The Labute approximate surface area is 111 Å². The van der Waals surface area contributed by atoms with Crippen LogP contribution in [0.4, 0.5) is 5.69 Å². The third-order valence-corrected chi connectivity index (χ3v) is 3.41. The summed E-state index contributed by atoms with van der Waals surface area (Å²) >= 11 is 0. The van der Waals surface area contributed by atoms with Crippen LogP contribution in [0.25, 0.3) is 10.9 Å². The first kappa shape index (κ1) is 11.8. The average molecular weight is 252 g/mol. The molecule has 6 N–H and O–H groups in total. The zero-order valence-corrected chi connectivity index (χ0v) is 10.4. The highest BCUT2D eigenvalue weighted by Gasteiger charge is 2.18. The number of hydrogen-bond donors (Lipinski definition) is 4. The van der Waals surface area contributed by atoms with Crippen LogP contribution in [-0.2, 0) is 0 Å². The van der Waals surface area contributed by atoms with Crippen LogP contribution in [0.15, 0.2) is 54.7 Å². The Kier molecular flexibility index (Phi) is 2.95. The second kappa shape index (κ2) is 4.76. The standard InChI is InChI=1S/C15H16N4/c16-13-7-3-1-6-11(13)15(19-17)12-9-18-14-8-4-2-5-10(12)14/h1-9,15,18-19H,16-17H2. The lowest BCUT2D eigenvalue weighted by atomic mass is 9.97. The molecule has 1 atom stereocenters. The fourth-order valence-corrected chi connectivity index (χ4v) is 2.45. The third-order valence-electron chi connectivity index (χ3n) is 3.41. The Morgan fingerprint density at radius 3 is 2.47 bits per heavy atom. The van der Waals surface area contributed by atoms with Crippen molar-refractivity contribution >= 4 is 16.6 Å². The van der Waals surface area contributed by atoms with Crippen molar-refractivity contribution in [3.05, 3.63) is 65.9 Å². The van der Waals surface area contributed by atoms with E-state index in [1.807, 2.05) is 48.7 Å². The van der Waals surface area contributed by atoms with Crippen molar-refractivity contribution in [1.82, 2.24) is 10.4 Å². The minimum absolute atomic E-state index is 0.127. The number of fused-ring (bicyclic) bond motifs is 1. The average Bonchev–Trinajstić information content (AvgIpc) is 2.86. The molecule has 4 heteroatoms. The molecule has 1 aromatic heterocycles.